The smallest absolute Gasteiger partial charge is 0.320 e. The van der Waals surface area contributed by atoms with Gasteiger partial charge in [-0.25, -0.2) is 0 Å². The zero-order valence-corrected chi connectivity index (χ0v) is 13.9. The highest BCUT2D eigenvalue weighted by Gasteiger charge is 2.49. The van der Waals surface area contributed by atoms with E-state index in [1.54, 1.807) is 6.92 Å². The molecule has 24 heavy (non-hydrogen) atoms. The lowest BCUT2D eigenvalue weighted by Gasteiger charge is -2.17. The molecule has 2 aliphatic carbocycles. The largest absolute Gasteiger partial charge is 0.465 e. The van der Waals surface area contributed by atoms with E-state index in [-0.39, 0.29) is 31.7 Å². The molecule has 2 fully saturated rings. The van der Waals surface area contributed by atoms with Gasteiger partial charge in [-0.3, -0.25) is 9.59 Å². The van der Waals surface area contributed by atoms with Crippen LogP contribution in [0, 0.1) is 39.4 Å². The standard InChI is InChI=1S/C17H22N2O5/c1-2-23-14(20)13(9-16(10-18)3-4-16)15(21)24-8-7-22-12-17(11-19)5-6-17/h13H,2-9,12H2,1H3. The van der Waals surface area contributed by atoms with E-state index in [9.17, 15) is 9.59 Å². The summed E-state index contributed by atoms with van der Waals surface area (Å²) in [5.41, 5.74) is -0.958. The van der Waals surface area contributed by atoms with Crippen LogP contribution < -0.4 is 0 Å². The van der Waals surface area contributed by atoms with E-state index < -0.39 is 23.3 Å². The van der Waals surface area contributed by atoms with Gasteiger partial charge in [-0.1, -0.05) is 0 Å². The number of ether oxygens (including phenoxy) is 3. The summed E-state index contributed by atoms with van der Waals surface area (Å²) in [6, 6.07) is 4.38. The minimum absolute atomic E-state index is 0.00972. The van der Waals surface area contributed by atoms with Gasteiger partial charge in [0.05, 0.1) is 42.8 Å². The van der Waals surface area contributed by atoms with Gasteiger partial charge in [0, 0.05) is 0 Å². The van der Waals surface area contributed by atoms with Crippen molar-refractivity contribution >= 4 is 11.9 Å². The van der Waals surface area contributed by atoms with E-state index >= 15 is 0 Å². The second-order valence-electron chi connectivity index (χ2n) is 6.51. The second-order valence-corrected chi connectivity index (χ2v) is 6.51. The predicted octanol–water partition coefficient (Wildman–Crippen LogP) is 1.72. The number of carbonyl (C=O) groups excluding carboxylic acids is 2. The molecule has 0 aromatic heterocycles. The molecule has 0 amide bonds. The number of nitriles is 2. The third kappa shape index (κ3) is 4.69. The van der Waals surface area contributed by atoms with Crippen molar-refractivity contribution in [3.8, 4) is 12.1 Å². The molecule has 2 aliphatic rings. The molecule has 7 nitrogen and oxygen atoms in total. The number of esters is 2. The van der Waals surface area contributed by atoms with Gasteiger partial charge in [0.1, 0.15) is 6.61 Å². The van der Waals surface area contributed by atoms with Gasteiger partial charge < -0.3 is 14.2 Å². The minimum atomic E-state index is -1.07. The maximum absolute atomic E-state index is 12.2. The van der Waals surface area contributed by atoms with E-state index in [1.165, 1.54) is 0 Å². The van der Waals surface area contributed by atoms with Gasteiger partial charge in [0.15, 0.2) is 5.92 Å². The van der Waals surface area contributed by atoms with Crippen molar-refractivity contribution in [3.63, 3.8) is 0 Å². The summed E-state index contributed by atoms with van der Waals surface area (Å²) in [5.74, 6) is -2.40. The molecular formula is C17H22N2O5. The molecule has 0 aliphatic heterocycles. The normalized spacial score (nSPS) is 20.1. The summed E-state index contributed by atoms with van der Waals surface area (Å²) in [7, 11) is 0. The molecule has 0 saturated heterocycles. The van der Waals surface area contributed by atoms with Gasteiger partial charge in [0.25, 0.3) is 0 Å². The first-order valence-corrected chi connectivity index (χ1v) is 8.23. The Morgan fingerprint density at radius 3 is 2.08 bits per heavy atom. The Bertz CT molecular complexity index is 567. The van der Waals surface area contributed by atoms with Gasteiger partial charge >= 0.3 is 11.9 Å². The lowest BCUT2D eigenvalue weighted by molar-refractivity contribution is -0.163. The Morgan fingerprint density at radius 2 is 1.58 bits per heavy atom. The summed E-state index contributed by atoms with van der Waals surface area (Å²) in [4.78, 5) is 24.1. The van der Waals surface area contributed by atoms with E-state index in [0.717, 1.165) is 12.8 Å². The van der Waals surface area contributed by atoms with Crippen LogP contribution >= 0.6 is 0 Å². The SMILES string of the molecule is CCOC(=O)C(CC1(C#N)CC1)C(=O)OCCOCC1(C#N)CC1. The molecule has 0 aromatic rings. The summed E-state index contributed by atoms with van der Waals surface area (Å²) < 4.78 is 15.4. The second kappa shape index (κ2) is 7.63. The third-order valence-corrected chi connectivity index (χ3v) is 4.48. The fourth-order valence-corrected chi connectivity index (χ4v) is 2.42. The van der Waals surface area contributed by atoms with Crippen LogP contribution in [0.4, 0.5) is 0 Å². The molecule has 1 atom stereocenters. The Labute approximate surface area is 141 Å². The Morgan fingerprint density at radius 1 is 1.00 bits per heavy atom. The first kappa shape index (κ1) is 18.2. The molecule has 2 rings (SSSR count). The third-order valence-electron chi connectivity index (χ3n) is 4.48. The summed E-state index contributed by atoms with van der Waals surface area (Å²) in [6.07, 6.45) is 3.19. The Hall–Kier alpha value is -2.12. The monoisotopic (exact) mass is 334 g/mol. The maximum atomic E-state index is 12.2. The fraction of sp³-hybridized carbons (Fsp3) is 0.765. The van der Waals surface area contributed by atoms with Crippen molar-refractivity contribution in [2.45, 2.75) is 39.0 Å². The van der Waals surface area contributed by atoms with Crippen molar-refractivity contribution in [3.05, 3.63) is 0 Å². The van der Waals surface area contributed by atoms with E-state index in [1.807, 2.05) is 0 Å². The van der Waals surface area contributed by atoms with Crippen LogP contribution in [0.3, 0.4) is 0 Å². The average molecular weight is 334 g/mol. The van der Waals surface area contributed by atoms with Gasteiger partial charge in [0.2, 0.25) is 0 Å². The number of hydrogen-bond acceptors (Lipinski definition) is 7. The summed E-state index contributed by atoms with van der Waals surface area (Å²) in [5, 5.41) is 18.1. The van der Waals surface area contributed by atoms with E-state index in [0.29, 0.717) is 19.4 Å². The zero-order chi connectivity index (χ0) is 17.6. The summed E-state index contributed by atoms with van der Waals surface area (Å²) in [6.45, 7) is 2.35. The summed E-state index contributed by atoms with van der Waals surface area (Å²) >= 11 is 0. The molecule has 0 N–H and O–H groups in total. The number of carbonyl (C=O) groups is 2. The Kier molecular flexibility index (Phi) is 5.80. The average Bonchev–Trinajstić information content (AvgIpc) is 3.49. The van der Waals surface area contributed by atoms with Crippen molar-refractivity contribution in [2.75, 3.05) is 26.4 Å². The first-order chi connectivity index (χ1) is 11.5. The lowest BCUT2D eigenvalue weighted by atomic mass is 9.93. The molecular weight excluding hydrogens is 312 g/mol. The van der Waals surface area contributed by atoms with E-state index in [2.05, 4.69) is 12.1 Å². The van der Waals surface area contributed by atoms with Gasteiger partial charge in [-0.2, -0.15) is 10.5 Å². The first-order valence-electron chi connectivity index (χ1n) is 8.23. The van der Waals surface area contributed by atoms with Crippen LogP contribution in [0.2, 0.25) is 0 Å². The van der Waals surface area contributed by atoms with Crippen molar-refractivity contribution in [1.29, 1.82) is 10.5 Å². The van der Waals surface area contributed by atoms with Crippen LogP contribution in [0.15, 0.2) is 0 Å². The zero-order valence-electron chi connectivity index (χ0n) is 13.9. The van der Waals surface area contributed by atoms with Crippen molar-refractivity contribution < 1.29 is 23.8 Å². The lowest BCUT2D eigenvalue weighted by Crippen LogP contribution is -2.31. The molecule has 0 heterocycles. The number of rotatable bonds is 10. The molecule has 0 aromatic carbocycles. The van der Waals surface area contributed by atoms with Gasteiger partial charge in [-0.15, -0.1) is 0 Å². The molecule has 0 radical (unpaired) electrons. The highest BCUT2D eigenvalue weighted by atomic mass is 16.6. The predicted molar refractivity (Wildman–Crippen MR) is 81.1 cm³/mol. The van der Waals surface area contributed by atoms with Crippen LogP contribution in [0.25, 0.3) is 0 Å². The van der Waals surface area contributed by atoms with E-state index in [4.69, 9.17) is 24.7 Å². The molecule has 1 unspecified atom stereocenters. The van der Waals surface area contributed by atoms with Crippen LogP contribution in [-0.4, -0.2) is 38.4 Å². The van der Waals surface area contributed by atoms with Crippen LogP contribution in [0.1, 0.15) is 39.0 Å². The Balaban J connectivity index is 1.76. The van der Waals surface area contributed by atoms with Gasteiger partial charge in [-0.05, 0) is 39.0 Å². The number of nitrogens with zero attached hydrogens (tertiary/aromatic N) is 2. The molecule has 0 spiro atoms. The molecule has 7 heteroatoms. The quantitative estimate of drug-likeness (QED) is 0.340. The molecule has 130 valence electrons. The van der Waals surface area contributed by atoms with Crippen LogP contribution in [0.5, 0.6) is 0 Å². The van der Waals surface area contributed by atoms with Crippen LogP contribution in [-0.2, 0) is 23.8 Å². The maximum Gasteiger partial charge on any atom is 0.320 e. The van der Waals surface area contributed by atoms with Crippen molar-refractivity contribution in [1.82, 2.24) is 0 Å². The fourth-order valence-electron chi connectivity index (χ4n) is 2.42. The molecule has 0 bridgehead atoms. The number of hydrogen-bond donors (Lipinski definition) is 0. The minimum Gasteiger partial charge on any atom is -0.465 e. The topological polar surface area (TPSA) is 109 Å². The van der Waals surface area contributed by atoms with Crippen molar-refractivity contribution in [2.24, 2.45) is 16.7 Å². The molecule has 2 saturated carbocycles. The highest BCUT2D eigenvalue weighted by molar-refractivity contribution is 5.95. The highest BCUT2D eigenvalue weighted by Crippen LogP contribution is 2.50.